The molecule has 182 valence electrons. The van der Waals surface area contributed by atoms with Crippen LogP contribution in [0.4, 0.5) is 27.5 Å². The molecule has 0 aliphatic carbocycles. The number of hydrogen-bond acceptors (Lipinski definition) is 5. The molecule has 2 heterocycles. The van der Waals surface area contributed by atoms with E-state index in [2.05, 4.69) is 20.4 Å². The Morgan fingerprint density at radius 3 is 2.46 bits per heavy atom. The van der Waals surface area contributed by atoms with Crippen LogP contribution in [0.15, 0.2) is 36.4 Å². The molecule has 0 aromatic heterocycles. The smallest absolute Gasteiger partial charge is 0.324 e. The fourth-order valence-electron chi connectivity index (χ4n) is 4.37. The van der Waals surface area contributed by atoms with Gasteiger partial charge in [-0.3, -0.25) is 19.4 Å². The molecule has 0 unspecified atom stereocenters. The van der Waals surface area contributed by atoms with E-state index in [4.69, 9.17) is 18.2 Å². The average Bonchev–Trinajstić information content (AvgIpc) is 2.99. The van der Waals surface area contributed by atoms with Crippen molar-refractivity contribution in [1.29, 1.82) is 0 Å². The molecule has 0 radical (unpaired) electrons. The number of imide groups is 1. The minimum atomic E-state index is -1.17. The van der Waals surface area contributed by atoms with Crippen molar-refractivity contribution in [3.05, 3.63) is 58.4 Å². The molecule has 0 bridgehead atoms. The van der Waals surface area contributed by atoms with E-state index in [-0.39, 0.29) is 23.4 Å². The summed E-state index contributed by atoms with van der Waals surface area (Å²) in [6.45, 7) is 15.9. The van der Waals surface area contributed by atoms with E-state index in [1.165, 1.54) is 4.90 Å². The number of carbonyl (C=O) groups is 3. The molecule has 2 aliphatic heterocycles. The number of rotatable bonds is 5. The quantitative estimate of drug-likeness (QED) is 0.487. The van der Waals surface area contributed by atoms with Crippen LogP contribution in [-0.2, 0) is 9.59 Å². The average molecular weight is 495 g/mol. The fourth-order valence-corrected chi connectivity index (χ4v) is 4.59. The summed E-state index contributed by atoms with van der Waals surface area (Å²) in [6, 6.07) is 9.22. The summed E-state index contributed by atoms with van der Waals surface area (Å²) in [7, 11) is 0. The molecule has 10 heteroatoms. The van der Waals surface area contributed by atoms with Crippen molar-refractivity contribution in [2.75, 3.05) is 47.8 Å². The Kier molecular flexibility index (Phi) is 6.81. The van der Waals surface area contributed by atoms with E-state index in [0.717, 1.165) is 31.1 Å². The van der Waals surface area contributed by atoms with Gasteiger partial charge in [-0.05, 0) is 56.7 Å². The summed E-state index contributed by atoms with van der Waals surface area (Å²) in [4.78, 5) is 47.2. The molecular weight excluding hydrogens is 468 g/mol. The first kappa shape index (κ1) is 24.7. The summed E-state index contributed by atoms with van der Waals surface area (Å²) in [5, 5.41) is 6.34. The van der Waals surface area contributed by atoms with Crippen LogP contribution in [-0.4, -0.2) is 61.0 Å². The lowest BCUT2D eigenvalue weighted by Gasteiger charge is -2.28. The number of urea groups is 1. The van der Waals surface area contributed by atoms with Crippen LogP contribution < -0.4 is 20.4 Å². The number of carbonyl (C=O) groups excluding carboxylic acids is 3. The highest BCUT2D eigenvalue weighted by Gasteiger charge is 2.52. The second kappa shape index (κ2) is 9.66. The highest BCUT2D eigenvalue weighted by Crippen LogP contribution is 2.39. The van der Waals surface area contributed by atoms with Crippen LogP contribution in [0, 0.1) is 13.5 Å². The lowest BCUT2D eigenvalue weighted by Crippen LogP contribution is -2.46. The van der Waals surface area contributed by atoms with Crippen LogP contribution in [0.2, 0.25) is 5.02 Å². The van der Waals surface area contributed by atoms with Crippen LogP contribution in [0.25, 0.3) is 4.85 Å². The van der Waals surface area contributed by atoms with Gasteiger partial charge in [-0.1, -0.05) is 17.7 Å². The maximum absolute atomic E-state index is 13.4. The molecule has 0 saturated carbocycles. The summed E-state index contributed by atoms with van der Waals surface area (Å²) in [6.07, 6.45) is 0. The van der Waals surface area contributed by atoms with E-state index in [1.54, 1.807) is 57.2 Å². The molecule has 9 nitrogen and oxygen atoms in total. The lowest BCUT2D eigenvalue weighted by atomic mass is 10.0. The summed E-state index contributed by atoms with van der Waals surface area (Å²) < 4.78 is 0. The topological polar surface area (TPSA) is 89.3 Å². The third kappa shape index (κ3) is 4.73. The zero-order valence-electron chi connectivity index (χ0n) is 19.9. The van der Waals surface area contributed by atoms with Gasteiger partial charge in [0.2, 0.25) is 5.91 Å². The first-order valence-electron chi connectivity index (χ1n) is 11.3. The molecule has 4 rings (SSSR count). The molecule has 2 saturated heterocycles. The summed E-state index contributed by atoms with van der Waals surface area (Å²) >= 11 is 6.48. The van der Waals surface area contributed by atoms with Gasteiger partial charge < -0.3 is 10.6 Å². The Morgan fingerprint density at radius 2 is 1.83 bits per heavy atom. The van der Waals surface area contributed by atoms with Gasteiger partial charge in [0.05, 0.1) is 29.5 Å². The van der Waals surface area contributed by atoms with E-state index in [1.807, 2.05) is 0 Å². The molecule has 2 aromatic rings. The van der Waals surface area contributed by atoms with Crippen molar-refractivity contribution in [2.24, 2.45) is 0 Å². The second-order valence-corrected chi connectivity index (χ2v) is 9.55. The molecule has 2 aliphatic rings. The Morgan fingerprint density at radius 1 is 1.14 bits per heavy atom. The molecule has 0 spiro atoms. The van der Waals surface area contributed by atoms with Crippen molar-refractivity contribution < 1.29 is 14.4 Å². The number of hydrogen-bond donors (Lipinski definition) is 2. The van der Waals surface area contributed by atoms with Crippen LogP contribution in [0.3, 0.4) is 0 Å². The number of nitrogens with zero attached hydrogens (tertiary/aromatic N) is 4. The normalized spacial score (nSPS) is 18.0. The van der Waals surface area contributed by atoms with Gasteiger partial charge in [-0.25, -0.2) is 14.5 Å². The van der Waals surface area contributed by atoms with Gasteiger partial charge in [-0.15, -0.1) is 0 Å². The van der Waals surface area contributed by atoms with Gasteiger partial charge in [0.15, 0.2) is 5.69 Å². The molecule has 0 atom stereocenters. The molecular formula is C25H27ClN6O3. The fraction of sp³-hybridized carbons (Fsp3) is 0.360. The van der Waals surface area contributed by atoms with Crippen molar-refractivity contribution in [1.82, 2.24) is 10.2 Å². The molecule has 2 fully saturated rings. The molecule has 35 heavy (non-hydrogen) atoms. The lowest BCUT2D eigenvalue weighted by molar-refractivity contribution is -0.120. The third-order valence-corrected chi connectivity index (χ3v) is 6.60. The number of aryl methyl sites for hydroxylation is 1. The zero-order chi connectivity index (χ0) is 25.3. The SMILES string of the molecule is [C-]#[N+]c1ccc(N2C(=O)N(c3ccc(NC(=O)CN4CCNCC4)c(Cl)c3)C(C)(C)C2=O)cc1C. The van der Waals surface area contributed by atoms with Crippen LogP contribution >= 0.6 is 11.6 Å². The van der Waals surface area contributed by atoms with Crippen molar-refractivity contribution >= 4 is 52.2 Å². The van der Waals surface area contributed by atoms with E-state index in [0.29, 0.717) is 28.3 Å². The van der Waals surface area contributed by atoms with Crippen molar-refractivity contribution in [2.45, 2.75) is 26.3 Å². The Hall–Kier alpha value is -3.45. The Bertz CT molecular complexity index is 1230. The second-order valence-electron chi connectivity index (χ2n) is 9.14. The first-order chi connectivity index (χ1) is 16.6. The van der Waals surface area contributed by atoms with Gasteiger partial charge >= 0.3 is 6.03 Å². The number of piperazine rings is 1. The monoisotopic (exact) mass is 494 g/mol. The zero-order valence-corrected chi connectivity index (χ0v) is 20.6. The number of halogens is 1. The summed E-state index contributed by atoms with van der Waals surface area (Å²) in [5.74, 6) is -0.555. The first-order valence-corrected chi connectivity index (χ1v) is 11.7. The van der Waals surface area contributed by atoms with E-state index >= 15 is 0 Å². The van der Waals surface area contributed by atoms with E-state index in [9.17, 15) is 14.4 Å². The minimum absolute atomic E-state index is 0.168. The van der Waals surface area contributed by atoms with Crippen molar-refractivity contribution in [3.8, 4) is 0 Å². The van der Waals surface area contributed by atoms with Gasteiger partial charge in [0.25, 0.3) is 5.91 Å². The number of nitrogens with one attached hydrogen (secondary N) is 2. The number of amides is 4. The predicted octanol–water partition coefficient (Wildman–Crippen LogP) is 3.79. The maximum atomic E-state index is 13.4. The maximum Gasteiger partial charge on any atom is 0.336 e. The Balaban J connectivity index is 1.56. The van der Waals surface area contributed by atoms with Gasteiger partial charge in [-0.2, -0.15) is 0 Å². The predicted molar refractivity (Wildman–Crippen MR) is 136 cm³/mol. The molecule has 4 amide bonds. The number of benzene rings is 2. The Labute approximate surface area is 209 Å². The van der Waals surface area contributed by atoms with Crippen LogP contribution in [0.5, 0.6) is 0 Å². The van der Waals surface area contributed by atoms with Gasteiger partial charge in [0, 0.05) is 31.9 Å². The standard InChI is InChI=1S/C25H27ClN6O3/c1-16-13-17(5-7-20(16)27-4)31-23(34)25(2,3)32(24(31)35)18-6-8-21(19(26)14-18)29-22(33)15-30-11-9-28-10-12-30/h5-8,13-14,28H,9-12,15H2,1-3H3,(H,29,33). The van der Waals surface area contributed by atoms with E-state index < -0.39 is 11.6 Å². The summed E-state index contributed by atoms with van der Waals surface area (Å²) in [5.41, 5.74) is 1.26. The minimum Gasteiger partial charge on any atom is -0.324 e. The largest absolute Gasteiger partial charge is 0.336 e. The third-order valence-electron chi connectivity index (χ3n) is 6.29. The number of anilines is 3. The highest BCUT2D eigenvalue weighted by molar-refractivity contribution is 6.35. The molecule has 2 aromatic carbocycles. The highest BCUT2D eigenvalue weighted by atomic mass is 35.5. The van der Waals surface area contributed by atoms with Crippen molar-refractivity contribution in [3.63, 3.8) is 0 Å². The van der Waals surface area contributed by atoms with Gasteiger partial charge in [0.1, 0.15) is 5.54 Å². The molecule has 2 N–H and O–H groups in total. The van der Waals surface area contributed by atoms with Crippen LogP contribution in [0.1, 0.15) is 19.4 Å².